The van der Waals surface area contributed by atoms with E-state index >= 15 is 0 Å². The zero-order chi connectivity index (χ0) is 17.5. The molecule has 0 saturated carbocycles. The van der Waals surface area contributed by atoms with Crippen LogP contribution in [0.1, 0.15) is 27.5 Å². The Morgan fingerprint density at radius 1 is 0.800 bits per heavy atom. The summed E-state index contributed by atoms with van der Waals surface area (Å²) in [5.74, 6) is -0.495. The third-order valence-electron chi connectivity index (χ3n) is 3.69. The second-order valence-corrected chi connectivity index (χ2v) is 5.42. The maximum Gasteiger partial charge on any atom is 0.322 e. The summed E-state index contributed by atoms with van der Waals surface area (Å²) in [5, 5.41) is 5.20. The van der Waals surface area contributed by atoms with Crippen molar-refractivity contribution in [2.24, 2.45) is 0 Å². The third kappa shape index (κ3) is 4.29. The van der Waals surface area contributed by atoms with Crippen LogP contribution in [0.3, 0.4) is 0 Å². The number of hydrogen-bond acceptors (Lipinski definition) is 3. The molecule has 0 atom stereocenters. The van der Waals surface area contributed by atoms with Gasteiger partial charge in [-0.05, 0) is 23.3 Å². The molecule has 1 heterocycles. The number of nitrogens with one attached hydrogen (secondary N) is 2. The van der Waals surface area contributed by atoms with Crippen LogP contribution in [0.2, 0.25) is 0 Å². The van der Waals surface area contributed by atoms with Gasteiger partial charge >= 0.3 is 6.03 Å². The van der Waals surface area contributed by atoms with Gasteiger partial charge in [0.25, 0.3) is 5.91 Å². The second-order valence-electron chi connectivity index (χ2n) is 5.42. The van der Waals surface area contributed by atoms with E-state index < -0.39 is 11.9 Å². The van der Waals surface area contributed by atoms with Gasteiger partial charge in [-0.25, -0.2) is 4.79 Å². The van der Waals surface area contributed by atoms with Gasteiger partial charge in [-0.1, -0.05) is 60.7 Å². The fourth-order valence-electron chi connectivity index (χ4n) is 2.49. The number of carbonyl (C=O) groups is 2. The van der Waals surface area contributed by atoms with Crippen LogP contribution in [0, 0.1) is 0 Å². The summed E-state index contributed by atoms with van der Waals surface area (Å²) in [7, 11) is 0. The van der Waals surface area contributed by atoms with Crippen molar-refractivity contribution in [3.63, 3.8) is 0 Å². The highest BCUT2D eigenvalue weighted by molar-refractivity contribution is 6.04. The Morgan fingerprint density at radius 2 is 1.40 bits per heavy atom. The van der Waals surface area contributed by atoms with Crippen LogP contribution in [0.25, 0.3) is 0 Å². The van der Waals surface area contributed by atoms with E-state index in [2.05, 4.69) is 15.6 Å². The molecule has 3 amide bonds. The van der Waals surface area contributed by atoms with Gasteiger partial charge in [0.15, 0.2) is 0 Å². The minimum absolute atomic E-state index is 0.327. The molecular weight excluding hydrogens is 314 g/mol. The molecule has 0 fully saturated rings. The summed E-state index contributed by atoms with van der Waals surface area (Å²) in [5.41, 5.74) is 2.18. The lowest BCUT2D eigenvalue weighted by Gasteiger charge is -2.20. The molecule has 0 unspecified atom stereocenters. The number of nitrogens with zero attached hydrogens (tertiary/aromatic N) is 1. The van der Waals surface area contributed by atoms with Crippen molar-refractivity contribution in [1.29, 1.82) is 0 Å². The number of hydrogen-bond donors (Lipinski definition) is 2. The summed E-state index contributed by atoms with van der Waals surface area (Å²) in [6.07, 6.45) is 2.98. The van der Waals surface area contributed by atoms with Crippen molar-refractivity contribution < 1.29 is 9.59 Å². The van der Waals surface area contributed by atoms with Crippen molar-refractivity contribution in [1.82, 2.24) is 15.6 Å². The fourth-order valence-corrected chi connectivity index (χ4v) is 2.49. The maximum atomic E-state index is 12.3. The predicted octanol–water partition coefficient (Wildman–Crippen LogP) is 3.31. The molecule has 0 radical (unpaired) electrons. The molecule has 1 aromatic heterocycles. The molecule has 0 bridgehead atoms. The SMILES string of the molecule is O=C(NC(=O)c1cccnc1)NC(c1ccccc1)c1ccccc1. The average molecular weight is 331 g/mol. The number of benzene rings is 2. The number of carbonyl (C=O) groups excluding carboxylic acids is 2. The monoisotopic (exact) mass is 331 g/mol. The molecule has 25 heavy (non-hydrogen) atoms. The van der Waals surface area contributed by atoms with Gasteiger partial charge in [-0.2, -0.15) is 0 Å². The van der Waals surface area contributed by atoms with Crippen molar-refractivity contribution in [3.8, 4) is 0 Å². The number of aromatic nitrogens is 1. The molecule has 124 valence electrons. The molecule has 3 aromatic rings. The van der Waals surface area contributed by atoms with Gasteiger partial charge in [0.05, 0.1) is 11.6 Å². The van der Waals surface area contributed by atoms with Gasteiger partial charge in [-0.3, -0.25) is 15.1 Å². The first-order chi connectivity index (χ1) is 12.2. The lowest BCUT2D eigenvalue weighted by atomic mass is 9.99. The summed E-state index contributed by atoms with van der Waals surface area (Å²) in [4.78, 5) is 28.3. The first-order valence-electron chi connectivity index (χ1n) is 7.86. The van der Waals surface area contributed by atoms with Gasteiger partial charge in [0, 0.05) is 12.4 Å². The van der Waals surface area contributed by atoms with Crippen LogP contribution in [0.5, 0.6) is 0 Å². The Kier molecular flexibility index (Phi) is 5.16. The van der Waals surface area contributed by atoms with E-state index in [1.54, 1.807) is 18.3 Å². The molecule has 2 aromatic carbocycles. The molecule has 5 nitrogen and oxygen atoms in total. The Hall–Kier alpha value is -3.47. The van der Waals surface area contributed by atoms with E-state index in [0.29, 0.717) is 5.56 Å². The van der Waals surface area contributed by atoms with Crippen molar-refractivity contribution in [2.45, 2.75) is 6.04 Å². The average Bonchev–Trinajstić information content (AvgIpc) is 2.68. The van der Waals surface area contributed by atoms with Gasteiger partial charge in [0.2, 0.25) is 0 Å². The lowest BCUT2D eigenvalue weighted by Crippen LogP contribution is -2.41. The Bertz CT molecular complexity index is 797. The lowest BCUT2D eigenvalue weighted by molar-refractivity contribution is 0.0963. The van der Waals surface area contributed by atoms with Gasteiger partial charge in [-0.15, -0.1) is 0 Å². The fraction of sp³-hybridized carbons (Fsp3) is 0.0500. The van der Waals surface area contributed by atoms with E-state index in [4.69, 9.17) is 0 Å². The predicted molar refractivity (Wildman–Crippen MR) is 95.0 cm³/mol. The zero-order valence-corrected chi connectivity index (χ0v) is 13.4. The Balaban J connectivity index is 1.76. The smallest absolute Gasteiger partial charge is 0.322 e. The molecular formula is C20H17N3O2. The third-order valence-corrected chi connectivity index (χ3v) is 3.69. The van der Waals surface area contributed by atoms with Crippen LogP contribution in [-0.2, 0) is 0 Å². The van der Waals surface area contributed by atoms with Crippen LogP contribution in [-0.4, -0.2) is 16.9 Å². The van der Waals surface area contributed by atoms with E-state index in [9.17, 15) is 9.59 Å². The van der Waals surface area contributed by atoms with E-state index in [1.165, 1.54) is 6.20 Å². The molecule has 0 aliphatic carbocycles. The van der Waals surface area contributed by atoms with Crippen LogP contribution in [0.15, 0.2) is 85.2 Å². The maximum absolute atomic E-state index is 12.3. The quantitative estimate of drug-likeness (QED) is 0.770. The number of amides is 3. The van der Waals surface area contributed by atoms with E-state index in [1.807, 2.05) is 60.7 Å². The molecule has 2 N–H and O–H groups in total. The minimum atomic E-state index is -0.563. The molecule has 5 heteroatoms. The van der Waals surface area contributed by atoms with Crippen molar-refractivity contribution in [2.75, 3.05) is 0 Å². The minimum Gasteiger partial charge on any atom is -0.327 e. The normalized spacial score (nSPS) is 10.3. The standard InChI is InChI=1S/C20H17N3O2/c24-19(17-12-7-13-21-14-17)23-20(25)22-18(15-8-3-1-4-9-15)16-10-5-2-6-11-16/h1-14,18H,(H2,22,23,24,25). The number of imide groups is 1. The number of rotatable bonds is 4. The van der Waals surface area contributed by atoms with Gasteiger partial charge < -0.3 is 5.32 Å². The molecule has 0 aliphatic heterocycles. The Labute approximate surface area is 145 Å². The van der Waals surface area contributed by atoms with Crippen LogP contribution in [0.4, 0.5) is 4.79 Å². The first kappa shape index (κ1) is 16.4. The first-order valence-corrected chi connectivity index (χ1v) is 7.86. The van der Waals surface area contributed by atoms with Crippen LogP contribution < -0.4 is 10.6 Å². The summed E-state index contributed by atoms with van der Waals surface area (Å²) < 4.78 is 0. The number of urea groups is 1. The number of pyridine rings is 1. The van der Waals surface area contributed by atoms with Gasteiger partial charge in [0.1, 0.15) is 0 Å². The zero-order valence-electron chi connectivity index (χ0n) is 13.4. The summed E-state index contributed by atoms with van der Waals surface area (Å²) in [6, 6.07) is 21.5. The molecule has 0 aliphatic rings. The highest BCUT2D eigenvalue weighted by atomic mass is 16.2. The molecule has 0 spiro atoms. The van der Waals surface area contributed by atoms with E-state index in [-0.39, 0.29) is 6.04 Å². The van der Waals surface area contributed by atoms with Crippen LogP contribution >= 0.6 is 0 Å². The van der Waals surface area contributed by atoms with E-state index in [0.717, 1.165) is 11.1 Å². The largest absolute Gasteiger partial charge is 0.327 e. The summed E-state index contributed by atoms with van der Waals surface area (Å²) in [6.45, 7) is 0. The topological polar surface area (TPSA) is 71.1 Å². The highest BCUT2D eigenvalue weighted by Crippen LogP contribution is 2.21. The van der Waals surface area contributed by atoms with Crippen molar-refractivity contribution >= 4 is 11.9 Å². The highest BCUT2D eigenvalue weighted by Gasteiger charge is 2.18. The second kappa shape index (κ2) is 7.88. The molecule has 0 saturated heterocycles. The molecule has 3 rings (SSSR count). The Morgan fingerprint density at radius 3 is 1.92 bits per heavy atom. The summed E-state index contributed by atoms with van der Waals surface area (Å²) >= 11 is 0. The van der Waals surface area contributed by atoms with Crippen molar-refractivity contribution in [3.05, 3.63) is 102 Å².